The highest BCUT2D eigenvalue weighted by Gasteiger charge is 2.15. The third-order valence-electron chi connectivity index (χ3n) is 2.93. The van der Waals surface area contributed by atoms with Gasteiger partial charge in [0, 0.05) is 31.7 Å². The Morgan fingerprint density at radius 1 is 1.42 bits per heavy atom. The number of nitrogens with zero attached hydrogens (tertiary/aromatic N) is 3. The molecule has 2 rings (SSSR count). The maximum absolute atomic E-state index is 11.1. The van der Waals surface area contributed by atoms with Crippen LogP contribution in [0.25, 0.3) is 0 Å². The van der Waals surface area contributed by atoms with Crippen LogP contribution in [0.2, 0.25) is 0 Å². The van der Waals surface area contributed by atoms with Crippen LogP contribution in [0, 0.1) is 0 Å². The van der Waals surface area contributed by atoms with Crippen LogP contribution in [-0.2, 0) is 30.6 Å². The summed E-state index contributed by atoms with van der Waals surface area (Å²) in [5.74, 6) is 0.940. The van der Waals surface area contributed by atoms with Crippen LogP contribution in [0.3, 0.4) is 0 Å². The summed E-state index contributed by atoms with van der Waals surface area (Å²) in [6, 6.07) is 1.69. The van der Waals surface area contributed by atoms with Crippen molar-refractivity contribution in [1.82, 2.24) is 14.8 Å². The lowest BCUT2D eigenvalue weighted by Gasteiger charge is -2.02. The largest absolute Gasteiger partial charge is 0.481 e. The summed E-state index contributed by atoms with van der Waals surface area (Å²) in [6.45, 7) is 3.40. The lowest BCUT2D eigenvalue weighted by atomic mass is 10.2. The minimum Gasteiger partial charge on any atom is -0.481 e. The second-order valence-corrected chi connectivity index (χ2v) is 5.69. The monoisotopic (exact) mass is 355 g/mol. The molecule has 0 spiro atoms. The first-order chi connectivity index (χ1) is 11.3. The number of rotatable bonds is 6. The predicted molar refractivity (Wildman–Crippen MR) is 88.4 cm³/mol. The molecule has 0 aliphatic rings. The summed E-state index contributed by atoms with van der Waals surface area (Å²) in [4.78, 5) is 20.1. The van der Waals surface area contributed by atoms with Gasteiger partial charge in [-0.15, -0.1) is 10.2 Å². The highest BCUT2D eigenvalue weighted by molar-refractivity contribution is 7.98. The number of nitrogens with two attached hydrogens (primary N) is 2. The molecule has 0 unspecified atom stereocenters. The van der Waals surface area contributed by atoms with E-state index in [1.54, 1.807) is 6.07 Å². The number of amides is 1. The fraction of sp³-hybridized carbons (Fsp3) is 0.429. The van der Waals surface area contributed by atoms with E-state index in [0.717, 1.165) is 29.2 Å². The molecule has 0 fully saturated rings. The molecule has 24 heavy (non-hydrogen) atoms. The van der Waals surface area contributed by atoms with Gasteiger partial charge in [0.25, 0.3) is 11.9 Å². The fourth-order valence-electron chi connectivity index (χ4n) is 1.80. The standard InChI is InChI=1S/C12H17N5O2S.C2H4O2/c1-3-8-7(4-9(19-8)11(14)18)6-20-12-16-15-10(5-13)17(12)2;1-2(3)4/h4H,3,5-6,13H2,1-2H3,(H2,14,18);1H3,(H,3,4). The van der Waals surface area contributed by atoms with Crippen molar-refractivity contribution in [2.24, 2.45) is 18.5 Å². The summed E-state index contributed by atoms with van der Waals surface area (Å²) >= 11 is 1.51. The summed E-state index contributed by atoms with van der Waals surface area (Å²) in [5, 5.41) is 16.3. The van der Waals surface area contributed by atoms with Crippen molar-refractivity contribution in [1.29, 1.82) is 0 Å². The number of hydrogen-bond acceptors (Lipinski definition) is 7. The Hall–Kier alpha value is -2.33. The van der Waals surface area contributed by atoms with Crippen LogP contribution in [0.5, 0.6) is 0 Å². The zero-order valence-electron chi connectivity index (χ0n) is 13.8. The van der Waals surface area contributed by atoms with Crippen molar-refractivity contribution >= 4 is 23.6 Å². The number of carbonyl (C=O) groups excluding carboxylic acids is 1. The van der Waals surface area contributed by atoms with E-state index in [4.69, 9.17) is 25.8 Å². The van der Waals surface area contributed by atoms with Gasteiger partial charge in [0.1, 0.15) is 11.6 Å². The Morgan fingerprint density at radius 2 is 2.04 bits per heavy atom. The highest BCUT2D eigenvalue weighted by Crippen LogP contribution is 2.25. The molecule has 2 aromatic heterocycles. The molecule has 0 bridgehead atoms. The van der Waals surface area contributed by atoms with Crippen LogP contribution >= 0.6 is 11.8 Å². The van der Waals surface area contributed by atoms with Crippen LogP contribution < -0.4 is 11.5 Å². The van der Waals surface area contributed by atoms with Crippen molar-refractivity contribution in [2.75, 3.05) is 0 Å². The van der Waals surface area contributed by atoms with Gasteiger partial charge in [0.15, 0.2) is 10.9 Å². The second-order valence-electron chi connectivity index (χ2n) is 4.75. The number of carboxylic acid groups (broad SMARTS) is 1. The number of carbonyl (C=O) groups is 2. The van der Waals surface area contributed by atoms with Gasteiger partial charge >= 0.3 is 0 Å². The number of aromatic nitrogens is 3. The molecule has 0 saturated carbocycles. The number of thioether (sulfide) groups is 1. The number of hydrogen-bond donors (Lipinski definition) is 3. The van der Waals surface area contributed by atoms with E-state index in [0.29, 0.717) is 18.7 Å². The molecule has 9 nitrogen and oxygen atoms in total. The normalized spacial score (nSPS) is 10.2. The smallest absolute Gasteiger partial charge is 0.300 e. The topological polar surface area (TPSA) is 150 Å². The lowest BCUT2D eigenvalue weighted by molar-refractivity contribution is -0.134. The summed E-state index contributed by atoms with van der Waals surface area (Å²) in [7, 11) is 1.87. The van der Waals surface area contributed by atoms with E-state index < -0.39 is 11.9 Å². The van der Waals surface area contributed by atoms with E-state index >= 15 is 0 Å². The van der Waals surface area contributed by atoms with Crippen LogP contribution in [0.15, 0.2) is 15.6 Å². The Morgan fingerprint density at radius 3 is 2.50 bits per heavy atom. The zero-order valence-corrected chi connectivity index (χ0v) is 14.6. The Kier molecular flexibility index (Phi) is 7.46. The first-order valence-electron chi connectivity index (χ1n) is 7.12. The Labute approximate surface area is 143 Å². The molecule has 5 N–H and O–H groups in total. The van der Waals surface area contributed by atoms with Gasteiger partial charge in [-0.05, 0) is 6.07 Å². The minimum atomic E-state index is -0.833. The third-order valence-corrected chi connectivity index (χ3v) is 3.99. The average Bonchev–Trinajstić information content (AvgIpc) is 3.08. The summed E-state index contributed by atoms with van der Waals surface area (Å²) < 4.78 is 7.27. The van der Waals surface area contributed by atoms with Gasteiger partial charge in [-0.25, -0.2) is 0 Å². The molecular formula is C14H21N5O4S. The van der Waals surface area contributed by atoms with Gasteiger partial charge in [-0.2, -0.15) is 0 Å². The van der Waals surface area contributed by atoms with Crippen LogP contribution in [-0.4, -0.2) is 31.7 Å². The quantitative estimate of drug-likeness (QED) is 0.647. The maximum Gasteiger partial charge on any atom is 0.300 e. The molecule has 0 aliphatic heterocycles. The number of carboxylic acids is 1. The number of aliphatic carboxylic acids is 1. The van der Waals surface area contributed by atoms with E-state index in [1.807, 2.05) is 18.5 Å². The molecule has 2 aromatic rings. The van der Waals surface area contributed by atoms with E-state index in [1.165, 1.54) is 11.8 Å². The van der Waals surface area contributed by atoms with Crippen LogP contribution in [0.1, 0.15) is 41.6 Å². The molecule has 0 atom stereocenters. The first kappa shape index (κ1) is 19.7. The van der Waals surface area contributed by atoms with E-state index in [2.05, 4.69) is 10.2 Å². The molecule has 132 valence electrons. The molecule has 0 saturated heterocycles. The van der Waals surface area contributed by atoms with Crippen molar-refractivity contribution in [2.45, 2.75) is 37.7 Å². The van der Waals surface area contributed by atoms with Gasteiger partial charge in [-0.3, -0.25) is 9.59 Å². The second kappa shape index (κ2) is 9.08. The molecule has 1 amide bonds. The molecule has 0 aromatic carbocycles. The number of aryl methyl sites for hydroxylation is 1. The van der Waals surface area contributed by atoms with E-state index in [9.17, 15) is 4.79 Å². The molecule has 0 radical (unpaired) electrons. The van der Waals surface area contributed by atoms with Gasteiger partial charge < -0.3 is 25.6 Å². The third kappa shape index (κ3) is 5.39. The van der Waals surface area contributed by atoms with Gasteiger partial charge in [0.05, 0.1) is 6.54 Å². The number of primary amides is 1. The summed E-state index contributed by atoms with van der Waals surface area (Å²) in [5.41, 5.74) is 11.7. The molecule has 0 aliphatic carbocycles. The molecular weight excluding hydrogens is 334 g/mol. The maximum atomic E-state index is 11.1. The predicted octanol–water partition coefficient (Wildman–Crippen LogP) is 0.911. The number of furan rings is 1. The van der Waals surface area contributed by atoms with Crippen molar-refractivity contribution in [3.63, 3.8) is 0 Å². The van der Waals surface area contributed by atoms with Gasteiger partial charge in [0.2, 0.25) is 0 Å². The first-order valence-corrected chi connectivity index (χ1v) is 8.10. The lowest BCUT2D eigenvalue weighted by Crippen LogP contribution is -2.09. The van der Waals surface area contributed by atoms with Crippen molar-refractivity contribution < 1.29 is 19.1 Å². The molecule has 2 heterocycles. The van der Waals surface area contributed by atoms with Crippen molar-refractivity contribution in [3.05, 3.63) is 29.0 Å². The molecule has 10 heteroatoms. The van der Waals surface area contributed by atoms with E-state index in [-0.39, 0.29) is 5.76 Å². The zero-order chi connectivity index (χ0) is 18.3. The summed E-state index contributed by atoms with van der Waals surface area (Å²) in [6.07, 6.45) is 0.704. The SMILES string of the molecule is CC(=O)O.CCc1oc(C(N)=O)cc1CSc1nnc(CN)n1C. The minimum absolute atomic E-state index is 0.193. The Balaban J connectivity index is 0.000000648. The fourth-order valence-corrected chi connectivity index (χ4v) is 2.73. The Bertz CT molecular complexity index is 706. The average molecular weight is 355 g/mol. The van der Waals surface area contributed by atoms with Crippen molar-refractivity contribution in [3.8, 4) is 0 Å². The highest BCUT2D eigenvalue weighted by atomic mass is 32.2. The van der Waals surface area contributed by atoms with Crippen LogP contribution in [0.4, 0.5) is 0 Å². The van der Waals surface area contributed by atoms with Gasteiger partial charge in [-0.1, -0.05) is 18.7 Å².